The molecule has 4 rings (SSSR count). The molecule has 0 aromatic carbocycles. The summed E-state index contributed by atoms with van der Waals surface area (Å²) in [5.41, 5.74) is 1.70. The number of hydrogen-bond acceptors (Lipinski definition) is 3. The molecule has 1 aromatic rings. The molecule has 1 aliphatic heterocycles. The molecule has 0 bridgehead atoms. The van der Waals surface area contributed by atoms with Crippen LogP contribution in [-0.4, -0.2) is 41.7 Å². The molecule has 5 nitrogen and oxygen atoms in total. The Balaban J connectivity index is 1.14. The van der Waals surface area contributed by atoms with E-state index < -0.39 is 0 Å². The van der Waals surface area contributed by atoms with Crippen LogP contribution < -0.4 is 5.32 Å². The SMILES string of the molecule is O=C(NCC1CC12CCCCC2)N1CCC(OCc2cccnc2)CC1. The molecule has 0 radical (unpaired) electrons. The fourth-order valence-electron chi connectivity index (χ4n) is 4.83. The first-order valence-corrected chi connectivity index (χ1v) is 10.3. The lowest BCUT2D eigenvalue weighted by Gasteiger charge is -2.32. The van der Waals surface area contributed by atoms with Crippen LogP contribution in [0.1, 0.15) is 56.9 Å². The third kappa shape index (κ3) is 4.20. The van der Waals surface area contributed by atoms with Crippen LogP contribution in [0, 0.1) is 11.3 Å². The summed E-state index contributed by atoms with van der Waals surface area (Å²) in [7, 11) is 0. The molecule has 5 heteroatoms. The van der Waals surface area contributed by atoms with E-state index in [9.17, 15) is 4.79 Å². The van der Waals surface area contributed by atoms with Gasteiger partial charge in [0.15, 0.2) is 0 Å². The quantitative estimate of drug-likeness (QED) is 0.873. The van der Waals surface area contributed by atoms with Gasteiger partial charge < -0.3 is 15.0 Å². The zero-order valence-corrected chi connectivity index (χ0v) is 15.7. The molecule has 2 amide bonds. The molecule has 1 atom stereocenters. The van der Waals surface area contributed by atoms with E-state index in [1.54, 1.807) is 6.20 Å². The van der Waals surface area contributed by atoms with Crippen molar-refractivity contribution in [2.45, 2.75) is 64.1 Å². The molecule has 26 heavy (non-hydrogen) atoms. The van der Waals surface area contributed by atoms with E-state index >= 15 is 0 Å². The monoisotopic (exact) mass is 357 g/mol. The number of carbonyl (C=O) groups excluding carboxylic acids is 1. The van der Waals surface area contributed by atoms with Gasteiger partial charge in [-0.15, -0.1) is 0 Å². The lowest BCUT2D eigenvalue weighted by Crippen LogP contribution is -2.46. The second-order valence-electron chi connectivity index (χ2n) is 8.37. The molecule has 3 aliphatic rings. The average molecular weight is 357 g/mol. The number of hydrogen-bond donors (Lipinski definition) is 1. The number of piperidine rings is 1. The number of rotatable bonds is 5. The summed E-state index contributed by atoms with van der Waals surface area (Å²) < 4.78 is 5.98. The third-order valence-corrected chi connectivity index (χ3v) is 6.65. The van der Waals surface area contributed by atoms with Gasteiger partial charge in [0.2, 0.25) is 0 Å². The number of carbonyl (C=O) groups is 1. The van der Waals surface area contributed by atoms with Gasteiger partial charge in [-0.2, -0.15) is 0 Å². The molecular formula is C21H31N3O2. The maximum atomic E-state index is 12.5. The number of amides is 2. The highest BCUT2D eigenvalue weighted by atomic mass is 16.5. The Morgan fingerprint density at radius 3 is 2.81 bits per heavy atom. The summed E-state index contributed by atoms with van der Waals surface area (Å²) in [6.45, 7) is 3.06. The van der Waals surface area contributed by atoms with Crippen molar-refractivity contribution in [1.29, 1.82) is 0 Å². The minimum Gasteiger partial charge on any atom is -0.373 e. The van der Waals surface area contributed by atoms with Gasteiger partial charge >= 0.3 is 6.03 Å². The fourth-order valence-corrected chi connectivity index (χ4v) is 4.83. The van der Waals surface area contributed by atoms with E-state index in [0.29, 0.717) is 12.0 Å². The summed E-state index contributed by atoms with van der Waals surface area (Å²) in [5, 5.41) is 3.20. The Bertz CT molecular complexity index is 593. The van der Waals surface area contributed by atoms with Crippen molar-refractivity contribution in [3.63, 3.8) is 0 Å². The lowest BCUT2D eigenvalue weighted by atomic mass is 9.84. The summed E-state index contributed by atoms with van der Waals surface area (Å²) in [5.74, 6) is 0.729. The minimum absolute atomic E-state index is 0.119. The van der Waals surface area contributed by atoms with Crippen LogP contribution in [-0.2, 0) is 11.3 Å². The minimum atomic E-state index is 0.119. The smallest absolute Gasteiger partial charge is 0.317 e. The highest BCUT2D eigenvalue weighted by molar-refractivity contribution is 5.74. The maximum absolute atomic E-state index is 12.5. The molecule has 1 N–H and O–H groups in total. The Kier molecular flexibility index (Phi) is 5.44. The second kappa shape index (κ2) is 7.95. The number of nitrogens with zero attached hydrogens (tertiary/aromatic N) is 2. The van der Waals surface area contributed by atoms with Crippen LogP contribution in [0.5, 0.6) is 0 Å². The van der Waals surface area contributed by atoms with Gasteiger partial charge in [-0.25, -0.2) is 4.79 Å². The van der Waals surface area contributed by atoms with Crippen molar-refractivity contribution < 1.29 is 9.53 Å². The van der Waals surface area contributed by atoms with Crippen LogP contribution in [0.4, 0.5) is 4.79 Å². The van der Waals surface area contributed by atoms with Crippen molar-refractivity contribution in [2.24, 2.45) is 11.3 Å². The maximum Gasteiger partial charge on any atom is 0.317 e. The summed E-state index contributed by atoms with van der Waals surface area (Å²) in [6.07, 6.45) is 14.0. The fraction of sp³-hybridized carbons (Fsp3) is 0.714. The predicted molar refractivity (Wildman–Crippen MR) is 101 cm³/mol. The van der Waals surface area contributed by atoms with Crippen LogP contribution in [0.2, 0.25) is 0 Å². The summed E-state index contributed by atoms with van der Waals surface area (Å²) in [6, 6.07) is 4.09. The number of ether oxygens (including phenoxy) is 1. The van der Waals surface area contributed by atoms with Crippen LogP contribution in [0.15, 0.2) is 24.5 Å². The second-order valence-corrected chi connectivity index (χ2v) is 8.37. The number of urea groups is 1. The van der Waals surface area contributed by atoms with Crippen LogP contribution >= 0.6 is 0 Å². The third-order valence-electron chi connectivity index (χ3n) is 6.65. The molecule has 1 aromatic heterocycles. The molecule has 3 fully saturated rings. The van der Waals surface area contributed by atoms with Gasteiger partial charge in [-0.05, 0) is 55.1 Å². The number of pyridine rings is 1. The van der Waals surface area contributed by atoms with E-state index in [0.717, 1.165) is 44.0 Å². The highest BCUT2D eigenvalue weighted by Crippen LogP contribution is 2.60. The average Bonchev–Trinajstić information content (AvgIpc) is 3.37. The first-order valence-electron chi connectivity index (χ1n) is 10.3. The van der Waals surface area contributed by atoms with E-state index in [-0.39, 0.29) is 12.1 Å². The number of likely N-dealkylation sites (tertiary alicyclic amines) is 1. The number of nitrogens with one attached hydrogen (secondary N) is 1. The molecule has 2 aliphatic carbocycles. The molecule has 1 saturated heterocycles. The molecule has 1 unspecified atom stereocenters. The van der Waals surface area contributed by atoms with Gasteiger partial charge in [-0.3, -0.25) is 4.98 Å². The Labute approximate surface area is 156 Å². The highest BCUT2D eigenvalue weighted by Gasteiger charge is 2.53. The molecule has 1 spiro atoms. The first kappa shape index (κ1) is 17.8. The van der Waals surface area contributed by atoms with E-state index in [2.05, 4.69) is 10.3 Å². The molecular weight excluding hydrogens is 326 g/mol. The van der Waals surface area contributed by atoms with Gasteiger partial charge in [0.1, 0.15) is 0 Å². The molecule has 142 valence electrons. The zero-order valence-electron chi connectivity index (χ0n) is 15.7. The lowest BCUT2D eigenvalue weighted by molar-refractivity contribution is 0.00434. The van der Waals surface area contributed by atoms with Crippen LogP contribution in [0.25, 0.3) is 0 Å². The van der Waals surface area contributed by atoms with Gasteiger partial charge in [-0.1, -0.05) is 25.3 Å². The summed E-state index contributed by atoms with van der Waals surface area (Å²) >= 11 is 0. The van der Waals surface area contributed by atoms with E-state index in [1.165, 1.54) is 38.5 Å². The number of aromatic nitrogens is 1. The van der Waals surface area contributed by atoms with Crippen molar-refractivity contribution in [3.05, 3.63) is 30.1 Å². The van der Waals surface area contributed by atoms with Gasteiger partial charge in [0.05, 0.1) is 12.7 Å². The van der Waals surface area contributed by atoms with Gasteiger partial charge in [0, 0.05) is 32.0 Å². The molecule has 2 saturated carbocycles. The standard InChI is InChI=1S/C21H31N3O2/c25-20(23-15-18-13-21(18)8-2-1-3-9-21)24-11-6-19(7-12-24)26-16-17-5-4-10-22-14-17/h4-5,10,14,18-19H,1-3,6-9,11-13,15-16H2,(H,23,25). The topological polar surface area (TPSA) is 54.5 Å². The van der Waals surface area contributed by atoms with E-state index in [4.69, 9.17) is 4.74 Å². The van der Waals surface area contributed by atoms with Crippen molar-refractivity contribution in [3.8, 4) is 0 Å². The first-order chi connectivity index (χ1) is 12.8. The van der Waals surface area contributed by atoms with Crippen LogP contribution in [0.3, 0.4) is 0 Å². The Morgan fingerprint density at radius 2 is 2.08 bits per heavy atom. The van der Waals surface area contributed by atoms with Gasteiger partial charge in [0.25, 0.3) is 0 Å². The predicted octanol–water partition coefficient (Wildman–Crippen LogP) is 3.74. The van der Waals surface area contributed by atoms with E-state index in [1.807, 2.05) is 23.2 Å². The summed E-state index contributed by atoms with van der Waals surface area (Å²) in [4.78, 5) is 18.5. The normalized spacial score (nSPS) is 25.2. The largest absolute Gasteiger partial charge is 0.373 e. The Morgan fingerprint density at radius 1 is 1.27 bits per heavy atom. The van der Waals surface area contributed by atoms with Crippen molar-refractivity contribution in [2.75, 3.05) is 19.6 Å². The van der Waals surface area contributed by atoms with Crippen molar-refractivity contribution in [1.82, 2.24) is 15.2 Å². The zero-order chi connectivity index (χ0) is 17.8. The van der Waals surface area contributed by atoms with Crippen molar-refractivity contribution >= 4 is 6.03 Å². The molecule has 2 heterocycles. The Hall–Kier alpha value is -1.62.